The van der Waals surface area contributed by atoms with Gasteiger partial charge in [-0.05, 0) is 50.9 Å². The number of nitrogens with zero attached hydrogens (tertiary/aromatic N) is 1. The highest BCUT2D eigenvalue weighted by atomic mass is 16.5. The minimum absolute atomic E-state index is 0.00268. The van der Waals surface area contributed by atoms with E-state index >= 15 is 0 Å². The molecule has 29 heavy (non-hydrogen) atoms. The van der Waals surface area contributed by atoms with Crippen LogP contribution in [0.15, 0.2) is 30.3 Å². The molecule has 0 saturated carbocycles. The molecule has 1 aromatic rings. The van der Waals surface area contributed by atoms with Crippen LogP contribution in [0.3, 0.4) is 0 Å². The third-order valence-corrected chi connectivity index (χ3v) is 5.72. The van der Waals surface area contributed by atoms with Gasteiger partial charge in [0.15, 0.2) is 0 Å². The van der Waals surface area contributed by atoms with E-state index in [2.05, 4.69) is 15.5 Å². The number of likely N-dealkylation sites (tertiary alicyclic amines) is 1. The normalized spacial score (nSPS) is 25.3. The number of para-hydroxylation sites is 1. The second kappa shape index (κ2) is 11.3. The summed E-state index contributed by atoms with van der Waals surface area (Å²) in [5.74, 6) is -0.107. The van der Waals surface area contributed by atoms with Crippen molar-refractivity contribution < 1.29 is 19.4 Å². The zero-order valence-electron chi connectivity index (χ0n) is 17.0. The van der Waals surface area contributed by atoms with E-state index in [1.54, 1.807) is 0 Å². The van der Waals surface area contributed by atoms with Crippen LogP contribution in [0, 0.1) is 0 Å². The van der Waals surface area contributed by atoms with Gasteiger partial charge < -0.3 is 25.4 Å². The number of aliphatic hydroxyl groups is 1. The quantitative estimate of drug-likeness (QED) is 0.617. The summed E-state index contributed by atoms with van der Waals surface area (Å²) in [7, 11) is 0. The number of rotatable bonds is 8. The van der Waals surface area contributed by atoms with Gasteiger partial charge in [-0.2, -0.15) is 0 Å². The van der Waals surface area contributed by atoms with Gasteiger partial charge in [0.2, 0.25) is 11.8 Å². The number of ether oxygens (including phenoxy) is 1. The molecular weight excluding hydrogens is 370 g/mol. The van der Waals surface area contributed by atoms with Crippen LogP contribution in [0.1, 0.15) is 44.9 Å². The van der Waals surface area contributed by atoms with Gasteiger partial charge in [0.05, 0.1) is 25.2 Å². The Balaban J connectivity index is 1.40. The number of benzene rings is 1. The first-order valence-electron chi connectivity index (χ1n) is 10.8. The van der Waals surface area contributed by atoms with Crippen molar-refractivity contribution in [3.8, 4) is 0 Å². The van der Waals surface area contributed by atoms with E-state index in [1.165, 1.54) is 19.3 Å². The van der Waals surface area contributed by atoms with Crippen molar-refractivity contribution in [1.29, 1.82) is 0 Å². The van der Waals surface area contributed by atoms with Crippen molar-refractivity contribution in [3.05, 3.63) is 30.3 Å². The molecule has 2 aliphatic rings. The first-order valence-corrected chi connectivity index (χ1v) is 10.8. The number of carbonyl (C=O) groups is 2. The lowest BCUT2D eigenvalue weighted by Gasteiger charge is -2.36. The minimum atomic E-state index is -0.475. The van der Waals surface area contributed by atoms with Gasteiger partial charge in [-0.3, -0.25) is 9.59 Å². The van der Waals surface area contributed by atoms with Crippen molar-refractivity contribution in [2.45, 2.75) is 63.2 Å². The minimum Gasteiger partial charge on any atom is -0.394 e. The van der Waals surface area contributed by atoms with Crippen molar-refractivity contribution in [3.63, 3.8) is 0 Å². The van der Waals surface area contributed by atoms with E-state index in [4.69, 9.17) is 4.74 Å². The highest BCUT2D eigenvalue weighted by Crippen LogP contribution is 2.22. The number of hydrogen-bond donors (Lipinski definition) is 3. The van der Waals surface area contributed by atoms with E-state index < -0.39 is 6.10 Å². The molecule has 0 aliphatic carbocycles. The fourth-order valence-electron chi connectivity index (χ4n) is 4.11. The van der Waals surface area contributed by atoms with E-state index in [9.17, 15) is 14.7 Å². The van der Waals surface area contributed by atoms with Crippen LogP contribution < -0.4 is 10.6 Å². The van der Waals surface area contributed by atoms with Gasteiger partial charge in [0.25, 0.3) is 0 Å². The monoisotopic (exact) mass is 403 g/mol. The Labute approximate surface area is 172 Å². The van der Waals surface area contributed by atoms with Gasteiger partial charge >= 0.3 is 0 Å². The molecule has 160 valence electrons. The maximum absolute atomic E-state index is 12.3. The molecule has 2 heterocycles. The Hall–Kier alpha value is -1.96. The lowest BCUT2D eigenvalue weighted by atomic mass is 9.96. The Kier molecular flexibility index (Phi) is 8.46. The Morgan fingerprint density at radius 1 is 1.07 bits per heavy atom. The average Bonchev–Trinajstić information content (AvgIpc) is 2.74. The van der Waals surface area contributed by atoms with E-state index in [0.717, 1.165) is 25.3 Å². The Bertz CT molecular complexity index is 649. The topological polar surface area (TPSA) is 90.9 Å². The van der Waals surface area contributed by atoms with Crippen LogP contribution in [0.2, 0.25) is 0 Å². The summed E-state index contributed by atoms with van der Waals surface area (Å²) in [6.45, 7) is 2.76. The molecule has 2 amide bonds. The van der Waals surface area contributed by atoms with Gasteiger partial charge in [0, 0.05) is 18.7 Å². The summed E-state index contributed by atoms with van der Waals surface area (Å²) in [6, 6.07) is 9.10. The van der Waals surface area contributed by atoms with Gasteiger partial charge in [-0.15, -0.1) is 0 Å². The van der Waals surface area contributed by atoms with E-state index in [-0.39, 0.29) is 37.0 Å². The van der Waals surface area contributed by atoms with Gasteiger partial charge in [-0.25, -0.2) is 0 Å². The molecule has 0 radical (unpaired) electrons. The molecule has 2 saturated heterocycles. The number of aliphatic hydroxyl groups excluding tert-OH is 1. The molecule has 2 aliphatic heterocycles. The highest BCUT2D eigenvalue weighted by molar-refractivity contribution is 5.90. The average molecular weight is 404 g/mol. The largest absolute Gasteiger partial charge is 0.394 e. The summed E-state index contributed by atoms with van der Waals surface area (Å²) in [5, 5.41) is 15.6. The number of carbonyl (C=O) groups excluding carboxylic acids is 2. The van der Waals surface area contributed by atoms with Crippen LogP contribution in [-0.2, 0) is 14.3 Å². The maximum atomic E-state index is 12.3. The third kappa shape index (κ3) is 7.10. The number of anilines is 1. The molecule has 7 heteroatoms. The van der Waals surface area contributed by atoms with Crippen LogP contribution in [0.25, 0.3) is 0 Å². The first-order chi connectivity index (χ1) is 14.1. The van der Waals surface area contributed by atoms with Gasteiger partial charge in [0.1, 0.15) is 6.10 Å². The maximum Gasteiger partial charge on any atom is 0.226 e. The summed E-state index contributed by atoms with van der Waals surface area (Å²) < 4.78 is 5.92. The molecule has 7 nitrogen and oxygen atoms in total. The first kappa shape index (κ1) is 21.7. The second-order valence-corrected chi connectivity index (χ2v) is 8.00. The standard InChI is InChI=1S/C22H33N3O4/c26-16-20-19(24-21(27)11-14-25-12-5-2-6-13-25)10-9-18(29-20)15-22(28)23-17-7-3-1-4-8-17/h1,3-4,7-8,18-20,26H,2,5-6,9-16H2,(H,23,28)(H,24,27)/t18-,19-,20+/m0/s1. The molecule has 0 bridgehead atoms. The summed E-state index contributed by atoms with van der Waals surface area (Å²) in [6.07, 6.45) is 5.06. The fraction of sp³-hybridized carbons (Fsp3) is 0.636. The predicted octanol–water partition coefficient (Wildman–Crippen LogP) is 1.92. The Morgan fingerprint density at radius 2 is 1.83 bits per heavy atom. The summed E-state index contributed by atoms with van der Waals surface area (Å²) in [5.41, 5.74) is 0.755. The van der Waals surface area contributed by atoms with Crippen LogP contribution in [-0.4, -0.2) is 66.3 Å². The third-order valence-electron chi connectivity index (χ3n) is 5.72. The van der Waals surface area contributed by atoms with E-state index in [1.807, 2.05) is 30.3 Å². The predicted molar refractivity (Wildman–Crippen MR) is 112 cm³/mol. The molecule has 0 spiro atoms. The van der Waals surface area contributed by atoms with Crippen molar-refractivity contribution in [2.75, 3.05) is 31.6 Å². The molecule has 2 fully saturated rings. The molecule has 3 N–H and O–H groups in total. The van der Waals surface area contributed by atoms with Gasteiger partial charge in [-0.1, -0.05) is 24.6 Å². The van der Waals surface area contributed by atoms with Crippen LogP contribution in [0.5, 0.6) is 0 Å². The van der Waals surface area contributed by atoms with Crippen LogP contribution in [0.4, 0.5) is 5.69 Å². The van der Waals surface area contributed by atoms with Crippen LogP contribution >= 0.6 is 0 Å². The number of piperidine rings is 1. The van der Waals surface area contributed by atoms with Crippen molar-refractivity contribution in [2.24, 2.45) is 0 Å². The van der Waals surface area contributed by atoms with Crippen molar-refractivity contribution >= 4 is 17.5 Å². The number of amides is 2. The lowest BCUT2D eigenvalue weighted by molar-refractivity contribution is -0.133. The molecule has 3 rings (SSSR count). The molecule has 0 unspecified atom stereocenters. The lowest BCUT2D eigenvalue weighted by Crippen LogP contribution is -2.51. The molecule has 3 atom stereocenters. The number of hydrogen-bond acceptors (Lipinski definition) is 5. The summed E-state index contributed by atoms with van der Waals surface area (Å²) in [4.78, 5) is 26.9. The number of nitrogens with one attached hydrogen (secondary N) is 2. The Morgan fingerprint density at radius 3 is 2.55 bits per heavy atom. The van der Waals surface area contributed by atoms with E-state index in [0.29, 0.717) is 19.3 Å². The molecule has 1 aromatic carbocycles. The fourth-order valence-corrected chi connectivity index (χ4v) is 4.11. The summed E-state index contributed by atoms with van der Waals surface area (Å²) >= 11 is 0. The highest BCUT2D eigenvalue weighted by Gasteiger charge is 2.32. The SMILES string of the molecule is O=C(C[C@@H]1CC[C@H](NC(=O)CCN2CCCCC2)[C@@H](CO)O1)Nc1ccccc1. The molecule has 0 aromatic heterocycles. The van der Waals surface area contributed by atoms with Crippen molar-refractivity contribution in [1.82, 2.24) is 10.2 Å². The zero-order valence-corrected chi connectivity index (χ0v) is 17.0. The zero-order chi connectivity index (χ0) is 20.5. The molecular formula is C22H33N3O4. The second-order valence-electron chi connectivity index (χ2n) is 8.00. The smallest absolute Gasteiger partial charge is 0.226 e.